The molecule has 0 aliphatic rings. The SMILES string of the molecule is CC/C=C\C/C=C\C/C=C\C/C=C\C/C=C\C/C=C\CCCOCC(COP(=O)([O-])OCC[N+](C)(C)C)OC(=O)CCCCCCC/C=C\C/C=C\CCCCC. The van der Waals surface area contributed by atoms with Crippen LogP contribution in [0.3, 0.4) is 0 Å². The second-order valence-electron chi connectivity index (χ2n) is 15.3. The maximum atomic E-state index is 12.7. The van der Waals surface area contributed by atoms with Gasteiger partial charge in [0, 0.05) is 13.0 Å². The molecule has 0 aromatic heterocycles. The van der Waals surface area contributed by atoms with Crippen molar-refractivity contribution in [1.29, 1.82) is 0 Å². The molecule has 326 valence electrons. The van der Waals surface area contributed by atoms with Crippen molar-refractivity contribution in [2.75, 3.05) is 54.1 Å². The molecule has 2 atom stereocenters. The van der Waals surface area contributed by atoms with Crippen LogP contribution >= 0.6 is 7.82 Å². The molecule has 0 spiro atoms. The molecule has 9 heteroatoms. The second kappa shape index (κ2) is 40.2. The first-order valence-electron chi connectivity index (χ1n) is 22.0. The van der Waals surface area contributed by atoms with Crippen molar-refractivity contribution in [1.82, 2.24) is 0 Å². The molecule has 0 radical (unpaired) electrons. The summed E-state index contributed by atoms with van der Waals surface area (Å²) in [6, 6.07) is 0. The van der Waals surface area contributed by atoms with Crippen LogP contribution in [-0.4, -0.2) is 70.7 Å². The van der Waals surface area contributed by atoms with Gasteiger partial charge in [-0.05, 0) is 89.9 Å². The average molecular weight is 816 g/mol. The molecule has 0 aliphatic carbocycles. The van der Waals surface area contributed by atoms with Gasteiger partial charge in [0.25, 0.3) is 7.82 Å². The van der Waals surface area contributed by atoms with Crippen molar-refractivity contribution >= 4 is 13.8 Å². The van der Waals surface area contributed by atoms with E-state index >= 15 is 0 Å². The van der Waals surface area contributed by atoms with Gasteiger partial charge in [-0.25, -0.2) is 0 Å². The van der Waals surface area contributed by atoms with Gasteiger partial charge in [0.1, 0.15) is 19.3 Å². The smallest absolute Gasteiger partial charge is 0.306 e. The molecule has 0 fully saturated rings. The largest absolute Gasteiger partial charge is 0.756 e. The number of carbonyl (C=O) groups excluding carboxylic acids is 1. The lowest BCUT2D eigenvalue weighted by molar-refractivity contribution is -0.870. The summed E-state index contributed by atoms with van der Waals surface area (Å²) in [5.41, 5.74) is 0. The van der Waals surface area contributed by atoms with E-state index in [1.165, 1.54) is 25.7 Å². The predicted octanol–water partition coefficient (Wildman–Crippen LogP) is 12.4. The predicted molar refractivity (Wildman–Crippen MR) is 240 cm³/mol. The summed E-state index contributed by atoms with van der Waals surface area (Å²) in [6.45, 7) is 5.06. The Morgan fingerprint density at radius 3 is 1.53 bits per heavy atom. The number of unbranched alkanes of at least 4 members (excludes halogenated alkanes) is 9. The number of rotatable bonds is 39. The molecule has 0 rings (SSSR count). The zero-order valence-corrected chi connectivity index (χ0v) is 37.6. The van der Waals surface area contributed by atoms with Crippen LogP contribution in [0.25, 0.3) is 0 Å². The second-order valence-corrected chi connectivity index (χ2v) is 16.7. The number of allylic oxidation sites excluding steroid dienone is 16. The lowest BCUT2D eigenvalue weighted by Gasteiger charge is -2.28. The molecule has 8 nitrogen and oxygen atoms in total. The fourth-order valence-electron chi connectivity index (χ4n) is 5.24. The number of esters is 1. The number of carbonyl (C=O) groups is 1. The van der Waals surface area contributed by atoms with E-state index in [4.69, 9.17) is 18.5 Å². The fraction of sp³-hybridized carbons (Fsp3) is 0.646. The Bertz CT molecular complexity index is 1230. The maximum absolute atomic E-state index is 12.7. The van der Waals surface area contributed by atoms with Crippen LogP contribution in [-0.2, 0) is 27.9 Å². The third-order valence-electron chi connectivity index (χ3n) is 8.62. The normalized spacial score (nSPS) is 14.7. The standard InChI is InChI=1S/C48H82NO7P/c1-6-8-10-12-14-16-18-20-22-23-24-25-26-28-30-32-34-36-38-40-43-53-45-47(46-55-57(51,52)54-44-42-49(3,4)5)56-48(50)41-39-37-35-33-31-29-27-21-19-17-15-13-11-9-7-2/h8,10,14-17,20-22,24-25,27-28,30,34,36,47H,6-7,9,11-13,18-19,23,26,29,31-33,35,37-46H2,1-5H3/b10-8-,16-14-,17-15-,22-20-,25-24-,27-21-,30-28-,36-34-. The van der Waals surface area contributed by atoms with E-state index in [2.05, 4.69) is 111 Å². The zero-order valence-electron chi connectivity index (χ0n) is 36.7. The number of phosphoric acid groups is 1. The molecule has 0 amide bonds. The lowest BCUT2D eigenvalue weighted by Crippen LogP contribution is -2.37. The number of ether oxygens (including phenoxy) is 2. The molecule has 0 aromatic rings. The molecule has 2 unspecified atom stereocenters. The summed E-state index contributed by atoms with van der Waals surface area (Å²) in [4.78, 5) is 25.0. The number of hydrogen-bond acceptors (Lipinski definition) is 7. The minimum absolute atomic E-state index is 0.00660. The average Bonchev–Trinajstić information content (AvgIpc) is 3.16. The highest BCUT2D eigenvalue weighted by Gasteiger charge is 2.20. The quantitative estimate of drug-likeness (QED) is 0.0200. The van der Waals surface area contributed by atoms with Gasteiger partial charge in [-0.1, -0.05) is 143 Å². The molecule has 0 heterocycles. The maximum Gasteiger partial charge on any atom is 0.306 e. The molecule has 0 aliphatic heterocycles. The number of hydrogen-bond donors (Lipinski definition) is 0. The Labute approximate surface area is 349 Å². The van der Waals surface area contributed by atoms with Crippen molar-refractivity contribution in [3.8, 4) is 0 Å². The van der Waals surface area contributed by atoms with Gasteiger partial charge < -0.3 is 27.9 Å². The van der Waals surface area contributed by atoms with Crippen LogP contribution in [0.4, 0.5) is 0 Å². The summed E-state index contributed by atoms with van der Waals surface area (Å²) in [7, 11) is 1.29. The first-order chi connectivity index (χ1) is 27.6. The highest BCUT2D eigenvalue weighted by atomic mass is 31.2. The van der Waals surface area contributed by atoms with Gasteiger partial charge in [0.15, 0.2) is 0 Å². The summed E-state index contributed by atoms with van der Waals surface area (Å²) in [5.74, 6) is -0.373. The number of nitrogens with zero attached hydrogens (tertiary/aromatic N) is 1. The van der Waals surface area contributed by atoms with Gasteiger partial charge in [0.2, 0.25) is 0 Å². The van der Waals surface area contributed by atoms with Crippen LogP contribution in [0.2, 0.25) is 0 Å². The molecule has 0 N–H and O–H groups in total. The van der Waals surface area contributed by atoms with Gasteiger partial charge in [-0.15, -0.1) is 0 Å². The highest BCUT2D eigenvalue weighted by molar-refractivity contribution is 7.45. The topological polar surface area (TPSA) is 94.1 Å². The third-order valence-corrected chi connectivity index (χ3v) is 9.58. The van der Waals surface area contributed by atoms with Crippen molar-refractivity contribution in [3.05, 3.63) is 97.2 Å². The van der Waals surface area contributed by atoms with Crippen molar-refractivity contribution < 1.29 is 37.3 Å². The molecule has 0 aromatic carbocycles. The first kappa shape index (κ1) is 54.4. The van der Waals surface area contributed by atoms with E-state index in [-0.39, 0.29) is 32.2 Å². The minimum atomic E-state index is -4.55. The first-order valence-corrected chi connectivity index (χ1v) is 23.4. The Hall–Kier alpha value is -2.58. The highest BCUT2D eigenvalue weighted by Crippen LogP contribution is 2.38. The van der Waals surface area contributed by atoms with E-state index in [1.54, 1.807) is 0 Å². The molecule has 0 saturated carbocycles. The van der Waals surface area contributed by atoms with Crippen LogP contribution in [0, 0.1) is 0 Å². The van der Waals surface area contributed by atoms with E-state index in [0.717, 1.165) is 96.3 Å². The Morgan fingerprint density at radius 1 is 0.561 bits per heavy atom. The minimum Gasteiger partial charge on any atom is -0.756 e. The van der Waals surface area contributed by atoms with E-state index < -0.39 is 13.9 Å². The summed E-state index contributed by atoms with van der Waals surface area (Å²) < 4.78 is 34.5. The van der Waals surface area contributed by atoms with E-state index in [0.29, 0.717) is 17.6 Å². The lowest BCUT2D eigenvalue weighted by atomic mass is 10.1. The Balaban J connectivity index is 4.40. The van der Waals surface area contributed by atoms with Gasteiger partial charge in [-0.3, -0.25) is 9.36 Å². The molecule has 57 heavy (non-hydrogen) atoms. The molecular weight excluding hydrogens is 734 g/mol. The number of phosphoric ester groups is 1. The van der Waals surface area contributed by atoms with Crippen LogP contribution in [0.15, 0.2) is 97.2 Å². The monoisotopic (exact) mass is 816 g/mol. The van der Waals surface area contributed by atoms with Crippen LogP contribution in [0.1, 0.15) is 142 Å². The summed E-state index contributed by atoms with van der Waals surface area (Å²) >= 11 is 0. The van der Waals surface area contributed by atoms with Crippen molar-refractivity contribution in [3.63, 3.8) is 0 Å². The van der Waals surface area contributed by atoms with Crippen molar-refractivity contribution in [2.24, 2.45) is 0 Å². The molecular formula is C48H82NO7P. The number of likely N-dealkylation sites (N-methyl/N-ethyl adjacent to an activating group) is 1. The Morgan fingerprint density at radius 2 is 1.02 bits per heavy atom. The summed E-state index contributed by atoms with van der Waals surface area (Å²) in [6.07, 6.45) is 54.3. The van der Waals surface area contributed by atoms with Gasteiger partial charge in [0.05, 0.1) is 34.4 Å². The zero-order chi connectivity index (χ0) is 42.0. The molecule has 0 bridgehead atoms. The third kappa shape index (κ3) is 44.4. The van der Waals surface area contributed by atoms with Gasteiger partial charge >= 0.3 is 5.97 Å². The van der Waals surface area contributed by atoms with E-state index in [9.17, 15) is 14.3 Å². The van der Waals surface area contributed by atoms with E-state index in [1.807, 2.05) is 21.1 Å². The fourth-order valence-corrected chi connectivity index (χ4v) is 5.97. The van der Waals surface area contributed by atoms with Crippen molar-refractivity contribution in [2.45, 2.75) is 148 Å². The van der Waals surface area contributed by atoms with Crippen LogP contribution in [0.5, 0.6) is 0 Å². The number of quaternary nitrogens is 1. The Kier molecular flexibility index (Phi) is 38.4. The van der Waals surface area contributed by atoms with Crippen LogP contribution < -0.4 is 4.89 Å². The summed E-state index contributed by atoms with van der Waals surface area (Å²) in [5, 5.41) is 0. The molecule has 0 saturated heterocycles. The van der Waals surface area contributed by atoms with Gasteiger partial charge in [-0.2, -0.15) is 0 Å².